The third-order valence-electron chi connectivity index (χ3n) is 7.74. The minimum Gasteiger partial charge on any atom is -0.475 e. The molecule has 43 heavy (non-hydrogen) atoms. The molecule has 2 aromatic rings. The predicted molar refractivity (Wildman–Crippen MR) is 149 cm³/mol. The molecule has 3 aliphatic rings. The van der Waals surface area contributed by atoms with Gasteiger partial charge in [-0.25, -0.2) is 4.79 Å². The summed E-state index contributed by atoms with van der Waals surface area (Å²) in [5, 5.41) is 20.9. The Morgan fingerprint density at radius 1 is 1.07 bits per heavy atom. The number of aryl methyl sites for hydroxylation is 1. The van der Waals surface area contributed by atoms with E-state index in [0.29, 0.717) is 37.4 Å². The van der Waals surface area contributed by atoms with Crippen molar-refractivity contribution in [2.24, 2.45) is 0 Å². The van der Waals surface area contributed by atoms with Crippen molar-refractivity contribution < 1.29 is 37.4 Å². The summed E-state index contributed by atoms with van der Waals surface area (Å²) in [5.74, 6) is -2.77. The van der Waals surface area contributed by atoms with Crippen LogP contribution in [0.2, 0.25) is 0 Å². The molecule has 2 fully saturated rings. The first-order chi connectivity index (χ1) is 20.3. The Bertz CT molecular complexity index is 1400. The Labute approximate surface area is 247 Å². The predicted octanol–water partition coefficient (Wildman–Crippen LogP) is 2.78. The molecule has 2 saturated heterocycles. The SMILES string of the molecule is Cc1cc(C#N)ccc1N1CCN(C(=O)Cn2nc(C(=O)N3C[C@@H](C)O[C@@H](C)C3)c3c2CCC3)CC1.O=C(O)C(F)(F)F. The number of piperazine rings is 1. The van der Waals surface area contributed by atoms with Crippen molar-refractivity contribution in [3.63, 3.8) is 0 Å². The number of carbonyl (C=O) groups is 3. The summed E-state index contributed by atoms with van der Waals surface area (Å²) in [6.07, 6.45) is -2.41. The van der Waals surface area contributed by atoms with E-state index in [9.17, 15) is 22.8 Å². The molecular formula is C29H35F3N6O5. The van der Waals surface area contributed by atoms with Gasteiger partial charge in [0.2, 0.25) is 5.91 Å². The molecule has 2 amide bonds. The Balaban J connectivity index is 0.000000541. The molecule has 5 rings (SSSR count). The summed E-state index contributed by atoms with van der Waals surface area (Å²) in [6.45, 7) is 10.0. The van der Waals surface area contributed by atoms with Crippen LogP contribution in [0.1, 0.15) is 53.1 Å². The number of rotatable bonds is 4. The second-order valence-electron chi connectivity index (χ2n) is 11.0. The highest BCUT2D eigenvalue weighted by atomic mass is 19.4. The lowest BCUT2D eigenvalue weighted by Crippen LogP contribution is -2.50. The quantitative estimate of drug-likeness (QED) is 0.564. The molecule has 1 aromatic carbocycles. The van der Waals surface area contributed by atoms with Gasteiger partial charge in [-0.2, -0.15) is 23.5 Å². The number of fused-ring (bicyclic) bond motifs is 1. The molecule has 2 atom stereocenters. The second kappa shape index (κ2) is 13.0. The van der Waals surface area contributed by atoms with E-state index in [-0.39, 0.29) is 30.6 Å². The van der Waals surface area contributed by atoms with Crippen molar-refractivity contribution in [1.29, 1.82) is 5.26 Å². The number of amides is 2. The smallest absolute Gasteiger partial charge is 0.475 e. The zero-order valence-corrected chi connectivity index (χ0v) is 24.4. The fourth-order valence-corrected chi connectivity index (χ4v) is 5.81. The monoisotopic (exact) mass is 604 g/mol. The van der Waals surface area contributed by atoms with Crippen LogP contribution < -0.4 is 4.90 Å². The van der Waals surface area contributed by atoms with E-state index in [1.54, 1.807) is 4.68 Å². The number of carboxylic acid groups (broad SMARTS) is 1. The summed E-state index contributed by atoms with van der Waals surface area (Å²) in [6, 6.07) is 7.92. The molecule has 3 heterocycles. The fraction of sp³-hybridized carbons (Fsp3) is 0.552. The fourth-order valence-electron chi connectivity index (χ4n) is 5.81. The summed E-state index contributed by atoms with van der Waals surface area (Å²) in [5.41, 5.74) is 5.40. The lowest BCUT2D eigenvalue weighted by Gasteiger charge is -2.37. The number of nitrogens with zero attached hydrogens (tertiary/aromatic N) is 6. The van der Waals surface area contributed by atoms with Crippen LogP contribution in [-0.2, 0) is 33.7 Å². The van der Waals surface area contributed by atoms with Crippen LogP contribution >= 0.6 is 0 Å². The molecule has 1 aromatic heterocycles. The van der Waals surface area contributed by atoms with Crippen molar-refractivity contribution in [3.8, 4) is 6.07 Å². The number of benzene rings is 1. The minimum atomic E-state index is -5.08. The highest BCUT2D eigenvalue weighted by molar-refractivity contribution is 5.94. The second-order valence-corrected chi connectivity index (χ2v) is 11.0. The molecule has 1 N–H and O–H groups in total. The lowest BCUT2D eigenvalue weighted by atomic mass is 10.1. The molecule has 2 aliphatic heterocycles. The molecule has 0 bridgehead atoms. The Morgan fingerprint density at radius 3 is 2.26 bits per heavy atom. The van der Waals surface area contributed by atoms with E-state index < -0.39 is 12.1 Å². The molecule has 0 radical (unpaired) electrons. The van der Waals surface area contributed by atoms with Gasteiger partial charge in [-0.15, -0.1) is 0 Å². The van der Waals surface area contributed by atoms with E-state index in [1.807, 2.05) is 48.8 Å². The number of halogens is 3. The average Bonchev–Trinajstić information content (AvgIpc) is 3.56. The van der Waals surface area contributed by atoms with E-state index in [0.717, 1.165) is 54.9 Å². The number of hydrogen-bond donors (Lipinski definition) is 1. The number of carbonyl (C=O) groups excluding carboxylic acids is 2. The maximum atomic E-state index is 13.4. The van der Waals surface area contributed by atoms with Crippen molar-refractivity contribution in [3.05, 3.63) is 46.3 Å². The number of aromatic nitrogens is 2. The van der Waals surface area contributed by atoms with E-state index in [1.165, 1.54) is 0 Å². The van der Waals surface area contributed by atoms with Gasteiger partial charge in [-0.05, 0) is 63.8 Å². The summed E-state index contributed by atoms with van der Waals surface area (Å²) in [4.78, 5) is 41.5. The molecule has 0 unspecified atom stereocenters. The van der Waals surface area contributed by atoms with Crippen LogP contribution in [0.4, 0.5) is 18.9 Å². The molecular weight excluding hydrogens is 569 g/mol. The van der Waals surface area contributed by atoms with Gasteiger partial charge in [0.1, 0.15) is 6.54 Å². The van der Waals surface area contributed by atoms with Crippen LogP contribution in [0.15, 0.2) is 18.2 Å². The van der Waals surface area contributed by atoms with Crippen molar-refractivity contribution in [2.75, 3.05) is 44.2 Å². The van der Waals surface area contributed by atoms with E-state index in [2.05, 4.69) is 16.1 Å². The van der Waals surface area contributed by atoms with Crippen LogP contribution in [0.5, 0.6) is 0 Å². The maximum Gasteiger partial charge on any atom is 0.490 e. The first kappa shape index (κ1) is 31.8. The zero-order valence-electron chi connectivity index (χ0n) is 24.4. The molecule has 0 saturated carbocycles. The number of ether oxygens (including phenoxy) is 1. The highest BCUT2D eigenvalue weighted by Crippen LogP contribution is 2.28. The van der Waals surface area contributed by atoms with Gasteiger partial charge in [-0.1, -0.05) is 0 Å². The summed E-state index contributed by atoms with van der Waals surface area (Å²) < 4.78 is 39.3. The zero-order chi connectivity index (χ0) is 31.5. The topological polar surface area (TPSA) is 132 Å². The van der Waals surface area contributed by atoms with E-state index in [4.69, 9.17) is 19.9 Å². The van der Waals surface area contributed by atoms with Gasteiger partial charge in [0.05, 0.1) is 23.8 Å². The third kappa shape index (κ3) is 7.45. The maximum absolute atomic E-state index is 13.4. The van der Waals surface area contributed by atoms with E-state index >= 15 is 0 Å². The number of anilines is 1. The number of aliphatic carboxylic acids is 1. The molecule has 0 spiro atoms. The number of nitriles is 1. The summed E-state index contributed by atoms with van der Waals surface area (Å²) in [7, 11) is 0. The molecule has 14 heteroatoms. The Morgan fingerprint density at radius 2 is 1.70 bits per heavy atom. The number of carboxylic acids is 1. The first-order valence-corrected chi connectivity index (χ1v) is 14.1. The van der Waals surface area contributed by atoms with Gasteiger partial charge in [0, 0.05) is 56.2 Å². The normalized spacial score (nSPS) is 20.2. The number of alkyl halides is 3. The summed E-state index contributed by atoms with van der Waals surface area (Å²) >= 11 is 0. The first-order valence-electron chi connectivity index (χ1n) is 14.1. The van der Waals surface area contributed by atoms with Crippen LogP contribution in [0, 0.1) is 18.3 Å². The van der Waals surface area contributed by atoms with Crippen molar-refractivity contribution in [1.82, 2.24) is 19.6 Å². The highest BCUT2D eigenvalue weighted by Gasteiger charge is 2.38. The van der Waals surface area contributed by atoms with Gasteiger partial charge >= 0.3 is 12.1 Å². The molecule has 232 valence electrons. The number of morpholine rings is 1. The lowest BCUT2D eigenvalue weighted by molar-refractivity contribution is -0.192. The Hall–Kier alpha value is -4.12. The van der Waals surface area contributed by atoms with Crippen molar-refractivity contribution in [2.45, 2.75) is 65.0 Å². The average molecular weight is 605 g/mol. The molecule has 1 aliphatic carbocycles. The van der Waals surface area contributed by atoms with Crippen LogP contribution in [0.25, 0.3) is 0 Å². The number of hydrogen-bond acceptors (Lipinski definition) is 7. The van der Waals surface area contributed by atoms with Crippen LogP contribution in [0.3, 0.4) is 0 Å². The van der Waals surface area contributed by atoms with Gasteiger partial charge < -0.3 is 24.5 Å². The third-order valence-corrected chi connectivity index (χ3v) is 7.74. The molecule has 11 nitrogen and oxygen atoms in total. The van der Waals surface area contributed by atoms with Gasteiger partial charge in [0.25, 0.3) is 5.91 Å². The van der Waals surface area contributed by atoms with Crippen LogP contribution in [-0.4, -0.2) is 100 Å². The Kier molecular flexibility index (Phi) is 9.64. The van der Waals surface area contributed by atoms with Gasteiger partial charge in [0.15, 0.2) is 5.69 Å². The van der Waals surface area contributed by atoms with Gasteiger partial charge in [-0.3, -0.25) is 14.3 Å². The minimum absolute atomic E-state index is 0.00106. The van der Waals surface area contributed by atoms with Crippen molar-refractivity contribution >= 4 is 23.5 Å². The largest absolute Gasteiger partial charge is 0.490 e. The standard InChI is InChI=1S/C27H34N6O3.C2HF3O2/c1-18-13-21(14-28)7-8-23(18)30-9-11-31(12-10-30)25(34)17-33-24-6-4-5-22(24)26(29-33)27(35)32-15-19(2)36-20(3)16-32;3-2(4,5)1(6)7/h7-8,13,19-20H,4-6,9-12,15-17H2,1-3H3;(H,6,7)/t19-,20+;.